The molecule has 1 amide bonds. The van der Waals surface area contributed by atoms with E-state index in [1.165, 1.54) is 20.3 Å². The SMILES string of the molecule is COC(=O)N=C(SC)C(=Nc1ccc(-c2noc(C)n2)cc1)c1cc(OC)c2c(c1F)CCCO2. The van der Waals surface area contributed by atoms with E-state index in [1.807, 2.05) is 0 Å². The van der Waals surface area contributed by atoms with Crippen molar-refractivity contribution in [2.75, 3.05) is 27.1 Å². The maximum Gasteiger partial charge on any atom is 0.434 e. The van der Waals surface area contributed by atoms with Crippen molar-refractivity contribution >= 4 is 34.3 Å². The fourth-order valence-electron chi connectivity index (χ4n) is 3.58. The molecule has 0 radical (unpaired) electrons. The van der Waals surface area contributed by atoms with E-state index >= 15 is 4.39 Å². The van der Waals surface area contributed by atoms with E-state index in [4.69, 9.17) is 18.7 Å². The van der Waals surface area contributed by atoms with E-state index in [2.05, 4.69) is 20.1 Å². The number of hydrogen-bond acceptors (Lipinski definition) is 9. The van der Waals surface area contributed by atoms with Gasteiger partial charge in [0.1, 0.15) is 16.6 Å². The number of ether oxygens (including phenoxy) is 3. The second-order valence-corrected chi connectivity index (χ2v) is 8.23. The number of aromatic nitrogens is 2. The van der Waals surface area contributed by atoms with E-state index < -0.39 is 11.9 Å². The molecule has 1 aliphatic rings. The third-order valence-corrected chi connectivity index (χ3v) is 5.90. The van der Waals surface area contributed by atoms with Crippen LogP contribution in [-0.4, -0.2) is 54.1 Å². The van der Waals surface area contributed by atoms with Gasteiger partial charge >= 0.3 is 6.09 Å². The second kappa shape index (κ2) is 10.7. The highest BCUT2D eigenvalue weighted by molar-refractivity contribution is 8.15. The Bertz CT molecular complexity index is 1300. The van der Waals surface area contributed by atoms with Gasteiger partial charge in [0.05, 0.1) is 26.5 Å². The summed E-state index contributed by atoms with van der Waals surface area (Å²) in [6.45, 7) is 2.19. The van der Waals surface area contributed by atoms with Crippen molar-refractivity contribution in [3.63, 3.8) is 0 Å². The van der Waals surface area contributed by atoms with E-state index in [9.17, 15) is 4.79 Å². The number of hydrogen-bond donors (Lipinski definition) is 0. The molecule has 0 aliphatic carbocycles. The zero-order valence-electron chi connectivity index (χ0n) is 19.6. The van der Waals surface area contributed by atoms with Crippen molar-refractivity contribution in [2.24, 2.45) is 9.98 Å². The minimum absolute atomic E-state index is 0.140. The first-order valence-corrected chi connectivity index (χ1v) is 11.9. The Kier molecular flexibility index (Phi) is 7.45. The third kappa shape index (κ3) is 5.19. The number of carbonyl (C=O) groups excluding carboxylic acids is 1. The first-order chi connectivity index (χ1) is 16.9. The fraction of sp³-hybridized carbons (Fsp3) is 0.292. The lowest BCUT2D eigenvalue weighted by molar-refractivity contribution is 0.183. The third-order valence-electron chi connectivity index (χ3n) is 5.22. The molecule has 0 saturated heterocycles. The van der Waals surface area contributed by atoms with Crippen LogP contribution in [0.2, 0.25) is 0 Å². The van der Waals surface area contributed by atoms with Crippen LogP contribution in [0.1, 0.15) is 23.4 Å². The molecular formula is C24H23FN4O5S. The van der Waals surface area contributed by atoms with Gasteiger partial charge in [-0.25, -0.2) is 14.2 Å². The minimum Gasteiger partial charge on any atom is -0.493 e. The van der Waals surface area contributed by atoms with Crippen molar-refractivity contribution in [2.45, 2.75) is 19.8 Å². The number of nitrogens with zero attached hydrogens (tertiary/aromatic N) is 4. The Hall–Kier alpha value is -3.73. The Labute approximate surface area is 205 Å². The molecule has 11 heteroatoms. The van der Waals surface area contributed by atoms with Crippen LogP contribution in [-0.2, 0) is 11.2 Å². The number of rotatable bonds is 5. The summed E-state index contributed by atoms with van der Waals surface area (Å²) >= 11 is 1.15. The molecule has 182 valence electrons. The van der Waals surface area contributed by atoms with Crippen LogP contribution in [0, 0.1) is 12.7 Å². The molecule has 0 fully saturated rings. The van der Waals surface area contributed by atoms with Crippen molar-refractivity contribution in [3.8, 4) is 22.9 Å². The summed E-state index contributed by atoms with van der Waals surface area (Å²) in [6.07, 6.45) is 2.06. The van der Waals surface area contributed by atoms with Crippen molar-refractivity contribution < 1.29 is 27.9 Å². The first kappa shape index (κ1) is 24.4. The van der Waals surface area contributed by atoms with Gasteiger partial charge in [-0.05, 0) is 49.4 Å². The lowest BCUT2D eigenvalue weighted by Gasteiger charge is -2.22. The summed E-state index contributed by atoms with van der Waals surface area (Å²) in [5.74, 6) is 1.17. The zero-order valence-corrected chi connectivity index (χ0v) is 20.4. The molecule has 9 nitrogen and oxygen atoms in total. The molecule has 2 aromatic carbocycles. The number of benzene rings is 2. The van der Waals surface area contributed by atoms with Crippen LogP contribution < -0.4 is 9.47 Å². The van der Waals surface area contributed by atoms with Crippen LogP contribution in [0.5, 0.6) is 11.5 Å². The van der Waals surface area contributed by atoms with E-state index in [0.717, 1.165) is 17.3 Å². The van der Waals surface area contributed by atoms with Crippen LogP contribution in [0.3, 0.4) is 0 Å². The zero-order chi connectivity index (χ0) is 24.9. The monoisotopic (exact) mass is 498 g/mol. The van der Waals surface area contributed by atoms with E-state index in [0.29, 0.717) is 53.9 Å². The normalized spacial score (nSPS) is 13.7. The Balaban J connectivity index is 1.86. The molecule has 2 heterocycles. The fourth-order valence-corrected chi connectivity index (χ4v) is 4.09. The second-order valence-electron chi connectivity index (χ2n) is 7.44. The number of aliphatic imine (C=N–C) groups is 2. The molecule has 4 rings (SSSR count). The highest BCUT2D eigenvalue weighted by atomic mass is 32.2. The van der Waals surface area contributed by atoms with Gasteiger partial charge in [-0.2, -0.15) is 9.98 Å². The summed E-state index contributed by atoms with van der Waals surface area (Å²) in [5, 5.41) is 4.10. The molecule has 0 saturated carbocycles. The molecule has 0 unspecified atom stereocenters. The number of methoxy groups -OCH3 is 2. The average Bonchev–Trinajstić information content (AvgIpc) is 3.33. The lowest BCUT2D eigenvalue weighted by Crippen LogP contribution is -2.19. The average molecular weight is 499 g/mol. The maximum absolute atomic E-state index is 15.8. The van der Waals surface area contributed by atoms with E-state index in [1.54, 1.807) is 37.4 Å². The van der Waals surface area contributed by atoms with Crippen LogP contribution in [0.25, 0.3) is 11.4 Å². The first-order valence-electron chi connectivity index (χ1n) is 10.7. The summed E-state index contributed by atoms with van der Waals surface area (Å²) < 4.78 is 36.7. The molecule has 3 aromatic rings. The topological polar surface area (TPSA) is 108 Å². The summed E-state index contributed by atoms with van der Waals surface area (Å²) in [7, 11) is 2.71. The molecule has 1 aromatic heterocycles. The van der Waals surface area contributed by atoms with Crippen LogP contribution in [0.4, 0.5) is 14.9 Å². The number of aryl methyl sites for hydroxylation is 1. The largest absolute Gasteiger partial charge is 0.493 e. The van der Waals surface area contributed by atoms with Gasteiger partial charge in [0.25, 0.3) is 0 Å². The van der Waals surface area contributed by atoms with Gasteiger partial charge in [0.15, 0.2) is 11.5 Å². The number of fused-ring (bicyclic) bond motifs is 1. The van der Waals surface area contributed by atoms with Crippen molar-refractivity contribution in [1.82, 2.24) is 10.1 Å². The van der Waals surface area contributed by atoms with E-state index in [-0.39, 0.29) is 16.3 Å². The van der Waals surface area contributed by atoms with Gasteiger partial charge in [0, 0.05) is 23.6 Å². The van der Waals surface area contributed by atoms with Gasteiger partial charge < -0.3 is 18.7 Å². The van der Waals surface area contributed by atoms with Crippen LogP contribution in [0.15, 0.2) is 44.8 Å². The number of carbonyl (C=O) groups is 1. The molecular weight excluding hydrogens is 475 g/mol. The quantitative estimate of drug-likeness (QED) is 0.350. The molecule has 0 N–H and O–H groups in total. The molecule has 1 aliphatic heterocycles. The van der Waals surface area contributed by atoms with Gasteiger partial charge in [-0.1, -0.05) is 5.16 Å². The Morgan fingerprint density at radius 2 is 2.00 bits per heavy atom. The summed E-state index contributed by atoms with van der Waals surface area (Å²) in [4.78, 5) is 24.8. The molecule has 0 spiro atoms. The molecule has 0 atom stereocenters. The van der Waals surface area contributed by atoms with Crippen molar-refractivity contribution in [3.05, 3.63) is 53.2 Å². The van der Waals surface area contributed by atoms with Crippen LogP contribution >= 0.6 is 11.8 Å². The Morgan fingerprint density at radius 3 is 2.63 bits per heavy atom. The predicted molar refractivity (Wildman–Crippen MR) is 131 cm³/mol. The summed E-state index contributed by atoms with van der Waals surface area (Å²) in [5.41, 5.74) is 1.94. The smallest absolute Gasteiger partial charge is 0.434 e. The minimum atomic E-state index is -0.821. The van der Waals surface area contributed by atoms with Gasteiger partial charge in [-0.3, -0.25) is 0 Å². The highest BCUT2D eigenvalue weighted by Crippen LogP contribution is 2.39. The lowest BCUT2D eigenvalue weighted by atomic mass is 9.98. The predicted octanol–water partition coefficient (Wildman–Crippen LogP) is 5.17. The van der Waals surface area contributed by atoms with Gasteiger partial charge in [-0.15, -0.1) is 11.8 Å². The standard InChI is InChI=1S/C24H23FN4O5S/c1-13-26-22(29-34-13)14-7-9-15(10-8-14)27-20(23(35-4)28-24(30)32-3)17-12-18(31-2)21-16(19(17)25)6-5-11-33-21/h7-10,12H,5-6,11H2,1-4H3. The van der Waals surface area contributed by atoms with Gasteiger partial charge in [0.2, 0.25) is 11.7 Å². The Morgan fingerprint density at radius 1 is 1.23 bits per heavy atom. The number of thioether (sulfide) groups is 1. The number of halogens is 1. The highest BCUT2D eigenvalue weighted by Gasteiger charge is 2.27. The van der Waals surface area contributed by atoms with Crippen molar-refractivity contribution in [1.29, 1.82) is 0 Å². The molecule has 35 heavy (non-hydrogen) atoms. The summed E-state index contributed by atoms with van der Waals surface area (Å²) in [6, 6.07) is 8.52. The maximum atomic E-state index is 15.8. The molecule has 0 bridgehead atoms. The number of amides is 1.